The summed E-state index contributed by atoms with van der Waals surface area (Å²) >= 11 is 0. The normalized spacial score (nSPS) is 20.9. The van der Waals surface area contributed by atoms with Crippen molar-refractivity contribution in [1.82, 2.24) is 29.8 Å². The monoisotopic (exact) mass is 564 g/mol. The molecule has 0 radical (unpaired) electrons. The van der Waals surface area contributed by atoms with Crippen molar-refractivity contribution in [2.24, 2.45) is 0 Å². The van der Waals surface area contributed by atoms with Crippen molar-refractivity contribution < 1.29 is 23.8 Å². The largest absolute Gasteiger partial charge is 0.479 e. The Kier molecular flexibility index (Phi) is 7.22. The smallest absolute Gasteiger partial charge is 0.411 e. The Hall–Kier alpha value is -4.42. The lowest BCUT2D eigenvalue weighted by Gasteiger charge is -2.47. The second-order valence-electron chi connectivity index (χ2n) is 11.4. The molecule has 0 saturated carbocycles. The molecule has 1 N–H and O–H groups in total. The third-order valence-electron chi connectivity index (χ3n) is 7.36. The van der Waals surface area contributed by atoms with E-state index in [1.807, 2.05) is 11.8 Å². The molecule has 1 amide bonds. The number of piperazine rings is 1. The SMILES string of the molecule is CC1c2cnc(-c3ncccn3)nc2CCN1c1cc(N2CCN(C(=O)OC(C)(C)C)C(C)(C(=O)O)C2)cc(F)n1. The quantitative estimate of drug-likeness (QED) is 0.466. The molecule has 0 aromatic carbocycles. The maximum Gasteiger partial charge on any atom is 0.411 e. The van der Waals surface area contributed by atoms with Crippen LogP contribution in [0.25, 0.3) is 11.6 Å². The highest BCUT2D eigenvalue weighted by atomic mass is 19.1. The van der Waals surface area contributed by atoms with Crippen molar-refractivity contribution in [1.29, 1.82) is 0 Å². The molecule has 0 aliphatic carbocycles. The number of fused-ring (bicyclic) bond motifs is 1. The van der Waals surface area contributed by atoms with Crippen molar-refractivity contribution in [3.8, 4) is 11.6 Å². The van der Waals surface area contributed by atoms with E-state index in [2.05, 4.69) is 24.9 Å². The van der Waals surface area contributed by atoms with Crippen LogP contribution in [-0.4, -0.2) is 84.3 Å². The number of anilines is 2. The average Bonchev–Trinajstić information content (AvgIpc) is 2.92. The lowest BCUT2D eigenvalue weighted by molar-refractivity contribution is -0.150. The van der Waals surface area contributed by atoms with E-state index in [9.17, 15) is 19.1 Å². The van der Waals surface area contributed by atoms with Crippen molar-refractivity contribution >= 4 is 23.6 Å². The first-order valence-corrected chi connectivity index (χ1v) is 13.4. The van der Waals surface area contributed by atoms with Gasteiger partial charge in [0, 0.05) is 68.0 Å². The average molecular weight is 565 g/mol. The number of pyridine rings is 1. The van der Waals surface area contributed by atoms with E-state index in [4.69, 9.17) is 4.74 Å². The molecule has 12 nitrogen and oxygen atoms in total. The van der Waals surface area contributed by atoms with Crippen molar-refractivity contribution in [3.05, 3.63) is 54.0 Å². The number of carbonyl (C=O) groups is 2. The van der Waals surface area contributed by atoms with Crippen LogP contribution in [0.1, 0.15) is 51.9 Å². The Morgan fingerprint density at radius 2 is 1.80 bits per heavy atom. The number of nitrogens with zero attached hydrogens (tertiary/aromatic N) is 8. The summed E-state index contributed by atoms with van der Waals surface area (Å²) in [5.41, 5.74) is -0.112. The van der Waals surface area contributed by atoms with Crippen LogP contribution in [0.15, 0.2) is 36.8 Å². The molecular weight excluding hydrogens is 531 g/mol. The van der Waals surface area contributed by atoms with Crippen LogP contribution in [0.5, 0.6) is 0 Å². The summed E-state index contributed by atoms with van der Waals surface area (Å²) in [5, 5.41) is 10.1. The minimum Gasteiger partial charge on any atom is -0.479 e. The van der Waals surface area contributed by atoms with E-state index in [0.29, 0.717) is 42.7 Å². The molecule has 41 heavy (non-hydrogen) atoms. The van der Waals surface area contributed by atoms with Crippen LogP contribution in [-0.2, 0) is 16.0 Å². The fourth-order valence-electron chi connectivity index (χ4n) is 5.22. The Labute approximate surface area is 237 Å². The number of aromatic nitrogens is 5. The molecule has 0 spiro atoms. The highest BCUT2D eigenvalue weighted by molar-refractivity contribution is 5.85. The zero-order valence-corrected chi connectivity index (χ0v) is 23.7. The summed E-state index contributed by atoms with van der Waals surface area (Å²) < 4.78 is 20.4. The first kappa shape index (κ1) is 28.1. The number of hydrogen-bond acceptors (Lipinski definition) is 10. The van der Waals surface area contributed by atoms with E-state index in [1.54, 1.807) is 56.4 Å². The maximum absolute atomic E-state index is 14.9. The van der Waals surface area contributed by atoms with E-state index in [-0.39, 0.29) is 19.1 Å². The van der Waals surface area contributed by atoms with E-state index in [0.717, 1.165) is 11.3 Å². The van der Waals surface area contributed by atoms with Crippen LogP contribution in [0.4, 0.5) is 20.7 Å². The Morgan fingerprint density at radius 1 is 1.07 bits per heavy atom. The van der Waals surface area contributed by atoms with E-state index in [1.165, 1.54) is 17.9 Å². The summed E-state index contributed by atoms with van der Waals surface area (Å²) in [6.07, 6.45) is 4.91. The number of carboxylic acid groups (broad SMARTS) is 1. The number of carbonyl (C=O) groups excluding carboxylic acids is 1. The van der Waals surface area contributed by atoms with Gasteiger partial charge in [-0.15, -0.1) is 0 Å². The van der Waals surface area contributed by atoms with Crippen LogP contribution in [0.2, 0.25) is 0 Å². The van der Waals surface area contributed by atoms with Crippen LogP contribution < -0.4 is 9.80 Å². The molecule has 3 aromatic rings. The van der Waals surface area contributed by atoms with E-state index >= 15 is 0 Å². The standard InChI is InChI=1S/C28H33FN8O4/c1-17-19-15-32-24(23-30-8-6-9-31-23)33-20(19)7-10-36(17)22-14-18(13-21(29)34-22)35-11-12-37(26(40)41-27(2,3)4)28(5,16-35)25(38)39/h6,8-9,13-15,17H,7,10-12,16H2,1-5H3,(H,38,39). The topological polar surface area (TPSA) is 138 Å². The molecule has 0 bridgehead atoms. The zero-order chi connectivity index (χ0) is 29.5. The lowest BCUT2D eigenvalue weighted by Crippen LogP contribution is -2.66. The third kappa shape index (κ3) is 5.61. The fourth-order valence-corrected chi connectivity index (χ4v) is 5.22. The number of amides is 1. The van der Waals surface area contributed by atoms with Gasteiger partial charge in [-0.05, 0) is 40.7 Å². The molecular formula is C28H33FN8O4. The van der Waals surface area contributed by atoms with Gasteiger partial charge in [-0.25, -0.2) is 34.5 Å². The predicted octanol–water partition coefficient (Wildman–Crippen LogP) is 3.49. The molecule has 1 fully saturated rings. The molecule has 3 aromatic heterocycles. The van der Waals surface area contributed by atoms with Gasteiger partial charge in [0.25, 0.3) is 0 Å². The summed E-state index contributed by atoms with van der Waals surface area (Å²) in [5.74, 6) is -0.551. The molecule has 2 unspecified atom stereocenters. The van der Waals surface area contributed by atoms with Gasteiger partial charge < -0.3 is 19.6 Å². The van der Waals surface area contributed by atoms with E-state index < -0.39 is 29.2 Å². The number of ether oxygens (including phenoxy) is 1. The summed E-state index contributed by atoms with van der Waals surface area (Å²) in [7, 11) is 0. The van der Waals surface area contributed by atoms with Gasteiger partial charge in [-0.2, -0.15) is 4.39 Å². The minimum absolute atomic E-state index is 0.0545. The van der Waals surface area contributed by atoms with Gasteiger partial charge in [0.15, 0.2) is 17.2 Å². The first-order chi connectivity index (χ1) is 19.4. The number of hydrogen-bond donors (Lipinski definition) is 1. The Morgan fingerprint density at radius 3 is 2.49 bits per heavy atom. The van der Waals surface area contributed by atoms with Gasteiger partial charge in [-0.1, -0.05) is 0 Å². The van der Waals surface area contributed by atoms with Gasteiger partial charge in [0.05, 0.1) is 18.3 Å². The number of rotatable bonds is 4. The molecule has 2 aliphatic heterocycles. The lowest BCUT2D eigenvalue weighted by atomic mass is 9.96. The van der Waals surface area contributed by atoms with Gasteiger partial charge in [0.1, 0.15) is 11.4 Å². The minimum atomic E-state index is -1.59. The fraction of sp³-hybridized carbons (Fsp3) is 0.464. The van der Waals surface area contributed by atoms with Crippen molar-refractivity contribution in [3.63, 3.8) is 0 Å². The number of halogens is 1. The van der Waals surface area contributed by atoms with Crippen molar-refractivity contribution in [2.45, 2.75) is 58.2 Å². The summed E-state index contributed by atoms with van der Waals surface area (Å²) in [6.45, 7) is 9.50. The number of aliphatic carboxylic acids is 1. The molecule has 5 heterocycles. The van der Waals surface area contributed by atoms with Crippen molar-refractivity contribution in [2.75, 3.05) is 36.0 Å². The second-order valence-corrected chi connectivity index (χ2v) is 11.4. The molecule has 1 saturated heterocycles. The maximum atomic E-state index is 14.9. The molecule has 2 aliphatic rings. The van der Waals surface area contributed by atoms with Gasteiger partial charge >= 0.3 is 12.1 Å². The summed E-state index contributed by atoms with van der Waals surface area (Å²) in [4.78, 5) is 52.0. The molecule has 13 heteroatoms. The van der Waals surface area contributed by atoms with Crippen LogP contribution >= 0.6 is 0 Å². The van der Waals surface area contributed by atoms with Gasteiger partial charge in [0.2, 0.25) is 5.95 Å². The van der Waals surface area contributed by atoms with Gasteiger partial charge in [-0.3, -0.25) is 4.90 Å². The molecule has 216 valence electrons. The highest BCUT2D eigenvalue weighted by Gasteiger charge is 2.48. The summed E-state index contributed by atoms with van der Waals surface area (Å²) in [6, 6.07) is 4.57. The second kappa shape index (κ2) is 10.5. The number of carboxylic acids is 1. The Balaban J connectivity index is 1.39. The molecule has 5 rings (SSSR count). The first-order valence-electron chi connectivity index (χ1n) is 13.4. The highest BCUT2D eigenvalue weighted by Crippen LogP contribution is 2.35. The third-order valence-corrected chi connectivity index (χ3v) is 7.36. The predicted molar refractivity (Wildman–Crippen MR) is 148 cm³/mol. The van der Waals surface area contributed by atoms with Crippen LogP contribution in [0.3, 0.4) is 0 Å². The zero-order valence-electron chi connectivity index (χ0n) is 23.7. The Bertz CT molecular complexity index is 1470. The van der Waals surface area contributed by atoms with Crippen LogP contribution in [0, 0.1) is 5.95 Å². The molecule has 2 atom stereocenters.